The molecule has 92 valence electrons. The van der Waals surface area contributed by atoms with Crippen LogP contribution in [0.4, 0.5) is 0 Å². The lowest BCUT2D eigenvalue weighted by Crippen LogP contribution is -2.44. The first kappa shape index (κ1) is 12.0. The fourth-order valence-electron chi connectivity index (χ4n) is 2.88. The Balaban J connectivity index is 1.85. The summed E-state index contributed by atoms with van der Waals surface area (Å²) in [5.41, 5.74) is 0. The molecule has 2 bridgehead atoms. The molecule has 6 heteroatoms. The molecule has 16 heavy (non-hydrogen) atoms. The van der Waals surface area contributed by atoms with E-state index in [1.807, 2.05) is 0 Å². The van der Waals surface area contributed by atoms with Crippen LogP contribution in [0.5, 0.6) is 0 Å². The number of carbonyl (C=O) groups is 1. The molecule has 2 aliphatic heterocycles. The molecule has 2 N–H and O–H groups in total. The largest absolute Gasteiger partial charge is 0.300 e. The van der Waals surface area contributed by atoms with Gasteiger partial charge >= 0.3 is 0 Å². The third-order valence-corrected chi connectivity index (χ3v) is 4.40. The van der Waals surface area contributed by atoms with Gasteiger partial charge in [0.2, 0.25) is 10.0 Å². The van der Waals surface area contributed by atoms with Gasteiger partial charge < -0.3 is 0 Å². The van der Waals surface area contributed by atoms with Crippen LogP contribution in [0.2, 0.25) is 0 Å². The smallest absolute Gasteiger partial charge is 0.209 e. The highest BCUT2D eigenvalue weighted by atomic mass is 32.2. The topological polar surface area (TPSA) is 80.5 Å². The van der Waals surface area contributed by atoms with Crippen LogP contribution in [-0.2, 0) is 14.8 Å². The zero-order chi connectivity index (χ0) is 11.8. The van der Waals surface area contributed by atoms with Crippen LogP contribution in [0.25, 0.3) is 0 Å². The zero-order valence-corrected chi connectivity index (χ0v) is 10.1. The summed E-state index contributed by atoms with van der Waals surface area (Å²) in [6.45, 7) is 0.749. The summed E-state index contributed by atoms with van der Waals surface area (Å²) >= 11 is 0. The molecule has 2 heterocycles. The molecule has 2 atom stereocenters. The third-order valence-electron chi connectivity index (χ3n) is 3.54. The van der Waals surface area contributed by atoms with Gasteiger partial charge in [0.15, 0.2) is 0 Å². The van der Waals surface area contributed by atoms with Crippen molar-refractivity contribution in [2.45, 2.75) is 44.2 Å². The highest BCUT2D eigenvalue weighted by Gasteiger charge is 2.39. The van der Waals surface area contributed by atoms with Gasteiger partial charge in [-0.15, -0.1) is 0 Å². The number of primary sulfonamides is 1. The quantitative estimate of drug-likeness (QED) is 0.748. The van der Waals surface area contributed by atoms with Crippen LogP contribution >= 0.6 is 0 Å². The maximum atomic E-state index is 11.4. The first-order valence-electron chi connectivity index (χ1n) is 5.73. The van der Waals surface area contributed by atoms with Crippen LogP contribution in [-0.4, -0.2) is 43.5 Å². The fourth-order valence-corrected chi connectivity index (χ4v) is 3.41. The number of fused-ring (bicyclic) bond motifs is 2. The molecule has 0 aromatic rings. The molecule has 2 unspecified atom stereocenters. The number of sulfonamides is 1. The minimum absolute atomic E-state index is 0.0386. The third kappa shape index (κ3) is 2.81. The van der Waals surface area contributed by atoms with E-state index in [1.54, 1.807) is 0 Å². The molecule has 0 aliphatic carbocycles. The van der Waals surface area contributed by atoms with Gasteiger partial charge in [-0.25, -0.2) is 13.6 Å². The van der Waals surface area contributed by atoms with Crippen LogP contribution in [0.15, 0.2) is 0 Å². The predicted octanol–water partition coefficient (Wildman–Crippen LogP) is -0.139. The van der Waals surface area contributed by atoms with Gasteiger partial charge in [-0.3, -0.25) is 9.69 Å². The van der Waals surface area contributed by atoms with E-state index in [0.29, 0.717) is 37.1 Å². The number of ketones is 1. The molecule has 0 aromatic carbocycles. The molecule has 0 spiro atoms. The van der Waals surface area contributed by atoms with Crippen molar-refractivity contribution >= 4 is 15.8 Å². The Labute approximate surface area is 96.0 Å². The van der Waals surface area contributed by atoms with Crippen molar-refractivity contribution in [3.63, 3.8) is 0 Å². The zero-order valence-electron chi connectivity index (χ0n) is 9.26. The van der Waals surface area contributed by atoms with E-state index in [-0.39, 0.29) is 5.75 Å². The standard InChI is InChI=1S/C10H18N2O3S/c11-16(14,15)5-1-4-12-8-2-3-9(12)7-10(13)6-8/h8-9H,1-7H2,(H2,11,14,15). The van der Waals surface area contributed by atoms with Gasteiger partial charge in [0.25, 0.3) is 0 Å². The molecule has 0 radical (unpaired) electrons. The number of carbonyl (C=O) groups excluding carboxylic acids is 1. The van der Waals surface area contributed by atoms with Gasteiger partial charge in [0.1, 0.15) is 5.78 Å². The molecule has 2 aliphatic rings. The summed E-state index contributed by atoms with van der Waals surface area (Å²) in [5.74, 6) is 0.395. The van der Waals surface area contributed by atoms with Crippen molar-refractivity contribution in [3.05, 3.63) is 0 Å². The molecule has 0 aromatic heterocycles. The molecule has 2 rings (SSSR count). The van der Waals surface area contributed by atoms with Crippen molar-refractivity contribution in [3.8, 4) is 0 Å². The number of rotatable bonds is 4. The van der Waals surface area contributed by atoms with Gasteiger partial charge in [0.05, 0.1) is 5.75 Å². The Morgan fingerprint density at radius 3 is 2.31 bits per heavy atom. The lowest BCUT2D eigenvalue weighted by Gasteiger charge is -2.33. The Kier molecular flexibility index (Phi) is 3.32. The van der Waals surface area contributed by atoms with Crippen LogP contribution in [0.1, 0.15) is 32.1 Å². The SMILES string of the molecule is NS(=O)(=O)CCCN1C2CCC1CC(=O)C2. The average Bonchev–Trinajstić information content (AvgIpc) is 2.41. The number of piperidine rings is 1. The van der Waals surface area contributed by atoms with Crippen LogP contribution < -0.4 is 5.14 Å². The number of nitrogens with zero attached hydrogens (tertiary/aromatic N) is 1. The molecule has 0 amide bonds. The number of nitrogens with two attached hydrogens (primary N) is 1. The van der Waals surface area contributed by atoms with E-state index >= 15 is 0 Å². The van der Waals surface area contributed by atoms with E-state index in [2.05, 4.69) is 4.90 Å². The summed E-state index contributed by atoms with van der Waals surface area (Å²) in [6.07, 6.45) is 4.01. The summed E-state index contributed by atoms with van der Waals surface area (Å²) in [6, 6.07) is 0.707. The Bertz CT molecular complexity index is 364. The lowest BCUT2D eigenvalue weighted by molar-refractivity contribution is -0.123. The van der Waals surface area contributed by atoms with Crippen LogP contribution in [0, 0.1) is 0 Å². The van der Waals surface area contributed by atoms with Crippen LogP contribution in [0.3, 0.4) is 0 Å². The van der Waals surface area contributed by atoms with Crippen molar-refractivity contribution in [2.75, 3.05) is 12.3 Å². The number of Topliss-reactive ketones (excluding diaryl/α,β-unsaturated/α-hetero) is 1. The first-order valence-corrected chi connectivity index (χ1v) is 7.45. The molecule has 2 fully saturated rings. The summed E-state index contributed by atoms with van der Waals surface area (Å²) in [7, 11) is -3.34. The Morgan fingerprint density at radius 1 is 1.25 bits per heavy atom. The number of hydrogen-bond acceptors (Lipinski definition) is 4. The van der Waals surface area contributed by atoms with E-state index in [1.165, 1.54) is 0 Å². The lowest BCUT2D eigenvalue weighted by atomic mass is 10.0. The summed E-state index contributed by atoms with van der Waals surface area (Å²) < 4.78 is 21.6. The van der Waals surface area contributed by atoms with Crippen molar-refractivity contribution in [1.82, 2.24) is 4.90 Å². The second kappa shape index (κ2) is 4.43. The van der Waals surface area contributed by atoms with E-state index in [9.17, 15) is 13.2 Å². The molecular formula is C10H18N2O3S. The van der Waals surface area contributed by atoms with E-state index in [4.69, 9.17) is 5.14 Å². The second-order valence-corrected chi connectivity index (χ2v) is 6.52. The molecule has 5 nitrogen and oxygen atoms in total. The maximum Gasteiger partial charge on any atom is 0.209 e. The average molecular weight is 246 g/mol. The molecular weight excluding hydrogens is 228 g/mol. The Morgan fingerprint density at radius 2 is 1.81 bits per heavy atom. The van der Waals surface area contributed by atoms with Crippen molar-refractivity contribution < 1.29 is 13.2 Å². The predicted molar refractivity (Wildman–Crippen MR) is 60.3 cm³/mol. The fraction of sp³-hybridized carbons (Fsp3) is 0.900. The van der Waals surface area contributed by atoms with E-state index < -0.39 is 10.0 Å². The maximum absolute atomic E-state index is 11.4. The highest BCUT2D eigenvalue weighted by molar-refractivity contribution is 7.89. The van der Waals surface area contributed by atoms with Crippen molar-refractivity contribution in [2.24, 2.45) is 5.14 Å². The second-order valence-electron chi connectivity index (χ2n) is 4.79. The minimum atomic E-state index is -3.34. The summed E-state index contributed by atoms with van der Waals surface area (Å²) in [5, 5.41) is 4.96. The van der Waals surface area contributed by atoms with Gasteiger partial charge in [-0.2, -0.15) is 0 Å². The van der Waals surface area contributed by atoms with Gasteiger partial charge in [-0.1, -0.05) is 0 Å². The monoisotopic (exact) mass is 246 g/mol. The molecule has 2 saturated heterocycles. The van der Waals surface area contributed by atoms with Gasteiger partial charge in [0, 0.05) is 24.9 Å². The Hall–Kier alpha value is -0.460. The minimum Gasteiger partial charge on any atom is -0.300 e. The normalized spacial score (nSPS) is 30.9. The van der Waals surface area contributed by atoms with E-state index in [0.717, 1.165) is 19.4 Å². The van der Waals surface area contributed by atoms with Gasteiger partial charge in [-0.05, 0) is 25.8 Å². The highest BCUT2D eigenvalue weighted by Crippen LogP contribution is 2.33. The number of hydrogen-bond donors (Lipinski definition) is 1. The van der Waals surface area contributed by atoms with Crippen molar-refractivity contribution in [1.29, 1.82) is 0 Å². The molecule has 0 saturated carbocycles. The first-order chi connectivity index (χ1) is 7.46. The summed E-state index contributed by atoms with van der Waals surface area (Å²) in [4.78, 5) is 13.7.